The average molecular weight is 425 g/mol. The lowest BCUT2D eigenvalue weighted by molar-refractivity contribution is 0.313. The van der Waals surface area contributed by atoms with E-state index in [0.717, 1.165) is 17.9 Å². The number of aliphatic imine (C=N–C) groups is 1. The van der Waals surface area contributed by atoms with Crippen molar-refractivity contribution in [2.24, 2.45) is 10.7 Å². The van der Waals surface area contributed by atoms with Crippen LogP contribution in [0.3, 0.4) is 0 Å². The minimum Gasteiger partial charge on any atom is -0.494 e. The van der Waals surface area contributed by atoms with Crippen LogP contribution in [-0.2, 0) is 0 Å². The van der Waals surface area contributed by atoms with Gasteiger partial charge in [-0.15, -0.1) is 24.0 Å². The highest BCUT2D eigenvalue weighted by Crippen LogP contribution is 2.13. The van der Waals surface area contributed by atoms with Crippen LogP contribution in [0.25, 0.3) is 0 Å². The Bertz CT molecular complexity index is 629. The predicted octanol–water partition coefficient (Wildman–Crippen LogP) is 4.12. The van der Waals surface area contributed by atoms with Crippen molar-refractivity contribution in [2.45, 2.75) is 20.3 Å². The Morgan fingerprint density at radius 2 is 1.83 bits per heavy atom. The van der Waals surface area contributed by atoms with Crippen LogP contribution in [0.4, 0.5) is 5.69 Å². The van der Waals surface area contributed by atoms with Gasteiger partial charge < -0.3 is 15.8 Å². The molecule has 3 N–H and O–H groups in total. The van der Waals surface area contributed by atoms with Crippen molar-refractivity contribution in [1.29, 1.82) is 0 Å². The Morgan fingerprint density at radius 3 is 2.52 bits per heavy atom. The third-order valence-corrected chi connectivity index (χ3v) is 3.38. The molecule has 2 aromatic rings. The lowest BCUT2D eigenvalue weighted by Crippen LogP contribution is -2.23. The number of nitrogens with zero attached hydrogens (tertiary/aromatic N) is 1. The molecule has 0 atom stereocenters. The molecule has 0 saturated heterocycles. The molecule has 0 aliphatic carbocycles. The average Bonchev–Trinajstić information content (AvgIpc) is 2.52. The van der Waals surface area contributed by atoms with E-state index in [1.165, 1.54) is 11.1 Å². The molecule has 23 heavy (non-hydrogen) atoms. The van der Waals surface area contributed by atoms with Crippen molar-refractivity contribution in [2.75, 3.05) is 18.5 Å². The summed E-state index contributed by atoms with van der Waals surface area (Å²) in [4.78, 5) is 4.31. The van der Waals surface area contributed by atoms with Crippen molar-refractivity contribution in [3.8, 4) is 5.75 Å². The summed E-state index contributed by atoms with van der Waals surface area (Å²) in [6, 6.07) is 15.9. The van der Waals surface area contributed by atoms with Crippen molar-refractivity contribution >= 4 is 35.6 Å². The lowest BCUT2D eigenvalue weighted by atomic mass is 10.1. The molecule has 0 heterocycles. The Balaban J connectivity index is 0.00000264. The highest BCUT2D eigenvalue weighted by Gasteiger charge is 1.98. The molecule has 4 nitrogen and oxygen atoms in total. The molecule has 124 valence electrons. The first-order chi connectivity index (χ1) is 10.6. The zero-order valence-electron chi connectivity index (χ0n) is 13.6. The second-order valence-corrected chi connectivity index (χ2v) is 5.21. The van der Waals surface area contributed by atoms with Gasteiger partial charge in [0.15, 0.2) is 5.96 Å². The van der Waals surface area contributed by atoms with Crippen LogP contribution in [0.2, 0.25) is 0 Å². The van der Waals surface area contributed by atoms with Gasteiger partial charge in [-0.3, -0.25) is 4.99 Å². The molecular weight excluding hydrogens is 401 g/mol. The van der Waals surface area contributed by atoms with E-state index in [-0.39, 0.29) is 24.0 Å². The zero-order chi connectivity index (χ0) is 15.8. The summed E-state index contributed by atoms with van der Waals surface area (Å²) in [5, 5.41) is 3.11. The number of halogens is 1. The van der Waals surface area contributed by atoms with Gasteiger partial charge >= 0.3 is 0 Å². The summed E-state index contributed by atoms with van der Waals surface area (Å²) in [6.45, 7) is 5.43. The quantitative estimate of drug-likeness (QED) is 0.317. The summed E-state index contributed by atoms with van der Waals surface area (Å²) < 4.78 is 5.60. The van der Waals surface area contributed by atoms with Gasteiger partial charge in [-0.1, -0.05) is 24.3 Å². The van der Waals surface area contributed by atoms with Gasteiger partial charge in [0.25, 0.3) is 0 Å². The molecule has 0 aliphatic rings. The van der Waals surface area contributed by atoms with Gasteiger partial charge in [0.2, 0.25) is 0 Å². The van der Waals surface area contributed by atoms with Crippen LogP contribution < -0.4 is 15.8 Å². The van der Waals surface area contributed by atoms with Crippen LogP contribution in [0, 0.1) is 13.8 Å². The number of rotatable bonds is 6. The molecule has 0 aliphatic heterocycles. The van der Waals surface area contributed by atoms with Gasteiger partial charge in [0.05, 0.1) is 6.61 Å². The number of hydrogen-bond donors (Lipinski definition) is 2. The second-order valence-electron chi connectivity index (χ2n) is 5.21. The first kappa shape index (κ1) is 19.3. The van der Waals surface area contributed by atoms with Crippen molar-refractivity contribution in [3.63, 3.8) is 0 Å². The third kappa shape index (κ3) is 6.90. The number of aryl methyl sites for hydroxylation is 2. The molecule has 5 heteroatoms. The molecule has 0 saturated carbocycles. The van der Waals surface area contributed by atoms with Crippen LogP contribution in [0.15, 0.2) is 53.5 Å². The van der Waals surface area contributed by atoms with E-state index in [1.54, 1.807) is 0 Å². The van der Waals surface area contributed by atoms with Crippen molar-refractivity contribution in [3.05, 3.63) is 59.7 Å². The number of anilines is 1. The fraction of sp³-hybridized carbons (Fsp3) is 0.278. The smallest absolute Gasteiger partial charge is 0.193 e. The van der Waals surface area contributed by atoms with Crippen LogP contribution in [0.1, 0.15) is 17.5 Å². The highest BCUT2D eigenvalue weighted by molar-refractivity contribution is 14.0. The monoisotopic (exact) mass is 425 g/mol. The standard InChI is InChI=1S/C18H23N3O.HI/c1-14-9-10-16(13-15(14)2)21-18(19)20-11-6-12-22-17-7-4-3-5-8-17;/h3-5,7-10,13H,6,11-12H2,1-2H3,(H3,19,20,21);1H. The van der Waals surface area contributed by atoms with E-state index in [2.05, 4.69) is 36.3 Å². The SMILES string of the molecule is Cc1ccc(NC(N)=NCCCOc2ccccc2)cc1C.I. The van der Waals surface area contributed by atoms with E-state index in [4.69, 9.17) is 10.5 Å². The topological polar surface area (TPSA) is 59.6 Å². The van der Waals surface area contributed by atoms with Gasteiger partial charge in [-0.25, -0.2) is 0 Å². The van der Waals surface area contributed by atoms with Gasteiger partial charge in [-0.05, 0) is 49.2 Å². The number of para-hydroxylation sites is 1. The maximum Gasteiger partial charge on any atom is 0.193 e. The van der Waals surface area contributed by atoms with E-state index >= 15 is 0 Å². The van der Waals surface area contributed by atoms with E-state index in [1.807, 2.05) is 36.4 Å². The number of nitrogens with one attached hydrogen (secondary N) is 1. The largest absolute Gasteiger partial charge is 0.494 e. The number of nitrogens with two attached hydrogens (primary N) is 1. The summed E-state index contributed by atoms with van der Waals surface area (Å²) in [5.41, 5.74) is 9.34. The van der Waals surface area contributed by atoms with Gasteiger partial charge in [0, 0.05) is 18.7 Å². The van der Waals surface area contributed by atoms with Crippen molar-refractivity contribution in [1.82, 2.24) is 0 Å². The highest BCUT2D eigenvalue weighted by atomic mass is 127. The molecule has 2 aromatic carbocycles. The number of guanidine groups is 1. The summed E-state index contributed by atoms with van der Waals surface area (Å²) in [7, 11) is 0. The normalized spacial score (nSPS) is 10.8. The third-order valence-electron chi connectivity index (χ3n) is 3.38. The lowest BCUT2D eigenvalue weighted by Gasteiger charge is -2.08. The maximum atomic E-state index is 5.89. The summed E-state index contributed by atoms with van der Waals surface area (Å²) >= 11 is 0. The molecule has 0 fully saturated rings. The molecule has 0 spiro atoms. The van der Waals surface area contributed by atoms with Crippen LogP contribution >= 0.6 is 24.0 Å². The minimum atomic E-state index is 0. The summed E-state index contributed by atoms with van der Waals surface area (Å²) in [6.07, 6.45) is 0.824. The fourth-order valence-electron chi connectivity index (χ4n) is 1.98. The first-order valence-electron chi connectivity index (χ1n) is 7.47. The molecular formula is C18H24IN3O. The Hall–Kier alpha value is -1.76. The van der Waals surface area contributed by atoms with Crippen LogP contribution in [-0.4, -0.2) is 19.1 Å². The molecule has 0 bridgehead atoms. The fourth-order valence-corrected chi connectivity index (χ4v) is 1.98. The predicted molar refractivity (Wildman–Crippen MR) is 108 cm³/mol. The zero-order valence-corrected chi connectivity index (χ0v) is 15.9. The molecule has 0 aromatic heterocycles. The Labute approximate surface area is 155 Å². The maximum absolute atomic E-state index is 5.89. The molecule has 0 unspecified atom stereocenters. The number of hydrogen-bond acceptors (Lipinski definition) is 2. The van der Waals surface area contributed by atoms with E-state index < -0.39 is 0 Å². The minimum absolute atomic E-state index is 0. The van der Waals surface area contributed by atoms with Crippen molar-refractivity contribution < 1.29 is 4.74 Å². The van der Waals surface area contributed by atoms with Gasteiger partial charge in [-0.2, -0.15) is 0 Å². The molecule has 0 radical (unpaired) electrons. The molecule has 2 rings (SSSR count). The van der Waals surface area contributed by atoms with Crippen LogP contribution in [0.5, 0.6) is 5.75 Å². The van der Waals surface area contributed by atoms with E-state index in [9.17, 15) is 0 Å². The summed E-state index contributed by atoms with van der Waals surface area (Å²) in [5.74, 6) is 1.32. The van der Waals surface area contributed by atoms with Gasteiger partial charge in [0.1, 0.15) is 5.75 Å². The number of benzene rings is 2. The Kier molecular flexibility index (Phi) is 8.47. The second kappa shape index (κ2) is 10.1. The van der Waals surface area contributed by atoms with E-state index in [0.29, 0.717) is 19.1 Å². The number of ether oxygens (including phenoxy) is 1. The Morgan fingerprint density at radius 1 is 1.09 bits per heavy atom. The first-order valence-corrected chi connectivity index (χ1v) is 7.47. The molecule has 0 amide bonds.